The van der Waals surface area contributed by atoms with Crippen molar-refractivity contribution in [3.05, 3.63) is 65.5 Å². The summed E-state index contributed by atoms with van der Waals surface area (Å²) in [5.41, 5.74) is 3.72. The molecular formula is C23H27N3O3S. The zero-order chi connectivity index (χ0) is 22.1. The molecule has 0 fully saturated rings. The first-order valence-corrected chi connectivity index (χ1v) is 11.4. The molecule has 0 saturated carbocycles. The van der Waals surface area contributed by atoms with Crippen LogP contribution in [0.25, 0.3) is 10.8 Å². The van der Waals surface area contributed by atoms with Gasteiger partial charge in [0.1, 0.15) is 0 Å². The number of fused-ring (bicyclic) bond motifs is 1. The van der Waals surface area contributed by atoms with Crippen molar-refractivity contribution in [1.29, 1.82) is 0 Å². The van der Waals surface area contributed by atoms with E-state index in [9.17, 15) is 13.2 Å². The third kappa shape index (κ3) is 4.46. The first-order chi connectivity index (χ1) is 14.1. The van der Waals surface area contributed by atoms with Gasteiger partial charge in [0.2, 0.25) is 0 Å². The van der Waals surface area contributed by atoms with Crippen LogP contribution in [0.4, 0.5) is 10.5 Å². The van der Waals surface area contributed by atoms with Crippen LogP contribution >= 0.6 is 0 Å². The number of rotatable bonds is 5. The van der Waals surface area contributed by atoms with Crippen molar-refractivity contribution in [2.75, 3.05) is 5.32 Å². The molecule has 0 aliphatic rings. The zero-order valence-corrected chi connectivity index (χ0v) is 18.7. The number of hydrogen-bond acceptors (Lipinski definition) is 4. The van der Waals surface area contributed by atoms with Crippen molar-refractivity contribution in [3.8, 4) is 0 Å². The van der Waals surface area contributed by atoms with Crippen molar-refractivity contribution in [2.24, 2.45) is 0 Å². The summed E-state index contributed by atoms with van der Waals surface area (Å²) in [6.07, 6.45) is 3.11. The Morgan fingerprint density at radius 3 is 2.23 bits per heavy atom. The Hall–Kier alpha value is -2.93. The zero-order valence-electron chi connectivity index (χ0n) is 17.9. The van der Waals surface area contributed by atoms with E-state index in [-0.39, 0.29) is 16.7 Å². The van der Waals surface area contributed by atoms with Crippen molar-refractivity contribution >= 4 is 32.5 Å². The number of aryl methyl sites for hydroxylation is 1. The standard InChI is InChI=1S/C23H27N3O3S/c1-14(2)19-11-16(5)12-20(15(3)4)22(19)25-23(27)26-30(28,29)21-8-6-7-17-13-24-10-9-18(17)21/h6-15H,1-5H3,(H2,25,26,27). The average molecular weight is 426 g/mol. The molecule has 0 aliphatic carbocycles. The first kappa shape index (κ1) is 21.8. The van der Waals surface area contributed by atoms with E-state index in [4.69, 9.17) is 0 Å². The molecule has 6 nitrogen and oxygen atoms in total. The Bertz CT molecular complexity index is 1170. The van der Waals surface area contributed by atoms with Gasteiger partial charge in [-0.3, -0.25) is 4.98 Å². The number of aromatic nitrogens is 1. The minimum atomic E-state index is -4.07. The number of nitrogens with zero attached hydrogens (tertiary/aromatic N) is 1. The first-order valence-electron chi connectivity index (χ1n) is 9.91. The van der Waals surface area contributed by atoms with Crippen molar-refractivity contribution < 1.29 is 13.2 Å². The van der Waals surface area contributed by atoms with E-state index in [1.807, 2.05) is 46.8 Å². The van der Waals surface area contributed by atoms with Gasteiger partial charge in [0.05, 0.1) is 4.90 Å². The molecule has 0 bridgehead atoms. The molecule has 0 unspecified atom stereocenters. The lowest BCUT2D eigenvalue weighted by molar-refractivity contribution is 0.256. The van der Waals surface area contributed by atoms with Gasteiger partial charge in [-0.25, -0.2) is 17.9 Å². The van der Waals surface area contributed by atoms with Gasteiger partial charge in [-0.15, -0.1) is 0 Å². The van der Waals surface area contributed by atoms with Gasteiger partial charge in [0.25, 0.3) is 10.0 Å². The summed E-state index contributed by atoms with van der Waals surface area (Å²) in [5.74, 6) is 0.333. The maximum Gasteiger partial charge on any atom is 0.333 e. The highest BCUT2D eigenvalue weighted by atomic mass is 32.2. The van der Waals surface area contributed by atoms with Gasteiger partial charge in [-0.1, -0.05) is 57.5 Å². The molecule has 0 saturated heterocycles. The number of amides is 2. The highest BCUT2D eigenvalue weighted by molar-refractivity contribution is 7.90. The molecule has 3 aromatic rings. The lowest BCUT2D eigenvalue weighted by Crippen LogP contribution is -2.35. The summed E-state index contributed by atoms with van der Waals surface area (Å²) in [4.78, 5) is 16.8. The minimum absolute atomic E-state index is 0.0367. The number of pyridine rings is 1. The summed E-state index contributed by atoms with van der Waals surface area (Å²) < 4.78 is 28.1. The Morgan fingerprint density at radius 1 is 1.00 bits per heavy atom. The predicted octanol–water partition coefficient (Wildman–Crippen LogP) is 5.30. The van der Waals surface area contributed by atoms with Crippen LogP contribution in [-0.2, 0) is 10.0 Å². The third-order valence-corrected chi connectivity index (χ3v) is 6.37. The molecule has 2 N–H and O–H groups in total. The van der Waals surface area contributed by atoms with Crippen LogP contribution in [0.1, 0.15) is 56.2 Å². The van der Waals surface area contributed by atoms with E-state index in [1.54, 1.807) is 24.4 Å². The number of urea groups is 1. The monoisotopic (exact) mass is 425 g/mol. The number of nitrogens with one attached hydrogen (secondary N) is 2. The molecule has 2 amide bonds. The van der Waals surface area contributed by atoms with Crippen LogP contribution < -0.4 is 10.0 Å². The SMILES string of the molecule is Cc1cc(C(C)C)c(NC(=O)NS(=O)(=O)c2cccc3cnccc23)c(C(C)C)c1. The molecular weight excluding hydrogens is 398 g/mol. The highest BCUT2D eigenvalue weighted by Crippen LogP contribution is 2.34. The number of anilines is 1. The minimum Gasteiger partial charge on any atom is -0.307 e. The van der Waals surface area contributed by atoms with E-state index in [0.29, 0.717) is 16.5 Å². The summed E-state index contributed by atoms with van der Waals surface area (Å²) in [7, 11) is -4.07. The summed E-state index contributed by atoms with van der Waals surface area (Å²) in [5, 5.41) is 3.99. The fourth-order valence-corrected chi connectivity index (χ4v) is 4.68. The maximum atomic E-state index is 12.9. The van der Waals surface area contributed by atoms with Crippen LogP contribution in [0.15, 0.2) is 53.7 Å². The average Bonchev–Trinajstić information content (AvgIpc) is 2.67. The second-order valence-corrected chi connectivity index (χ2v) is 9.69. The quantitative estimate of drug-likeness (QED) is 0.580. The van der Waals surface area contributed by atoms with E-state index < -0.39 is 16.1 Å². The largest absolute Gasteiger partial charge is 0.333 e. The van der Waals surface area contributed by atoms with Gasteiger partial charge in [0.15, 0.2) is 0 Å². The molecule has 1 aromatic heterocycles. The van der Waals surface area contributed by atoms with Crippen LogP contribution in [0, 0.1) is 6.92 Å². The van der Waals surface area contributed by atoms with Crippen molar-refractivity contribution in [2.45, 2.75) is 51.3 Å². The second kappa shape index (κ2) is 8.44. The Labute approximate surface area is 177 Å². The Kier molecular flexibility index (Phi) is 6.12. The number of carbonyl (C=O) groups excluding carboxylic acids is 1. The molecule has 30 heavy (non-hydrogen) atoms. The van der Waals surface area contributed by atoms with Gasteiger partial charge in [-0.2, -0.15) is 0 Å². The molecule has 0 spiro atoms. The lowest BCUT2D eigenvalue weighted by atomic mass is 9.90. The molecule has 3 rings (SSSR count). The highest BCUT2D eigenvalue weighted by Gasteiger charge is 2.23. The van der Waals surface area contributed by atoms with E-state index >= 15 is 0 Å². The smallest absolute Gasteiger partial charge is 0.307 e. The third-order valence-electron chi connectivity index (χ3n) is 4.98. The summed E-state index contributed by atoms with van der Waals surface area (Å²) in [6, 6.07) is 9.77. The number of hydrogen-bond donors (Lipinski definition) is 2. The van der Waals surface area contributed by atoms with Crippen LogP contribution in [-0.4, -0.2) is 19.4 Å². The van der Waals surface area contributed by atoms with E-state index in [0.717, 1.165) is 16.7 Å². The maximum absolute atomic E-state index is 12.9. The van der Waals surface area contributed by atoms with Crippen molar-refractivity contribution in [1.82, 2.24) is 9.71 Å². The summed E-state index contributed by atoms with van der Waals surface area (Å²) in [6.45, 7) is 10.2. The fraction of sp³-hybridized carbons (Fsp3) is 0.304. The molecule has 7 heteroatoms. The number of benzene rings is 2. The van der Waals surface area contributed by atoms with Gasteiger partial charge in [0, 0.05) is 28.9 Å². The normalized spacial score (nSPS) is 11.8. The van der Waals surface area contributed by atoms with Gasteiger partial charge in [-0.05, 0) is 42.0 Å². The topological polar surface area (TPSA) is 88.2 Å². The molecule has 158 valence electrons. The summed E-state index contributed by atoms with van der Waals surface area (Å²) >= 11 is 0. The second-order valence-electron chi connectivity index (χ2n) is 8.04. The molecule has 0 radical (unpaired) electrons. The van der Waals surface area contributed by atoms with Crippen LogP contribution in [0.2, 0.25) is 0 Å². The van der Waals surface area contributed by atoms with E-state index in [1.165, 1.54) is 12.3 Å². The predicted molar refractivity (Wildman–Crippen MR) is 120 cm³/mol. The molecule has 1 heterocycles. The van der Waals surface area contributed by atoms with Crippen molar-refractivity contribution in [3.63, 3.8) is 0 Å². The Morgan fingerprint density at radius 2 is 1.63 bits per heavy atom. The van der Waals surface area contributed by atoms with Gasteiger partial charge >= 0.3 is 6.03 Å². The number of carbonyl (C=O) groups is 1. The van der Waals surface area contributed by atoms with Crippen LogP contribution in [0.5, 0.6) is 0 Å². The lowest BCUT2D eigenvalue weighted by Gasteiger charge is -2.21. The fourth-order valence-electron chi connectivity index (χ4n) is 3.54. The Balaban J connectivity index is 1.96. The van der Waals surface area contributed by atoms with Gasteiger partial charge < -0.3 is 5.32 Å². The molecule has 0 aliphatic heterocycles. The van der Waals surface area contributed by atoms with E-state index in [2.05, 4.69) is 15.0 Å². The van der Waals surface area contributed by atoms with Crippen LogP contribution in [0.3, 0.4) is 0 Å². The molecule has 2 aromatic carbocycles. The molecule has 0 atom stereocenters. The number of sulfonamides is 1.